The van der Waals surface area contributed by atoms with E-state index in [1.807, 2.05) is 13.8 Å². The average Bonchev–Trinajstić information content (AvgIpc) is 3.10. The first-order valence-electron chi connectivity index (χ1n) is 6.37. The van der Waals surface area contributed by atoms with Crippen LogP contribution in [0.1, 0.15) is 30.3 Å². The van der Waals surface area contributed by atoms with Crippen molar-refractivity contribution in [2.45, 2.75) is 37.9 Å². The fraction of sp³-hybridized carbons (Fsp3) is 0.545. The molecular weight excluding hydrogens is 278 g/mol. The molecule has 0 unspecified atom stereocenters. The van der Waals surface area contributed by atoms with Crippen LogP contribution in [-0.2, 0) is 4.79 Å². The molecule has 0 radical (unpaired) electrons. The molecule has 2 aromatic rings. The summed E-state index contributed by atoms with van der Waals surface area (Å²) >= 11 is 1.35. The number of thioether (sulfide) groups is 1. The van der Waals surface area contributed by atoms with Gasteiger partial charge in [-0.25, -0.2) is 4.68 Å². The van der Waals surface area contributed by atoms with E-state index in [9.17, 15) is 4.79 Å². The average molecular weight is 293 g/mol. The van der Waals surface area contributed by atoms with Crippen LogP contribution in [-0.4, -0.2) is 42.1 Å². The van der Waals surface area contributed by atoms with Gasteiger partial charge in [-0.15, -0.1) is 5.10 Å². The second-order valence-corrected chi connectivity index (χ2v) is 5.73. The van der Waals surface area contributed by atoms with Gasteiger partial charge in [0.25, 0.3) is 0 Å². The van der Waals surface area contributed by atoms with Crippen molar-refractivity contribution in [2.24, 2.45) is 0 Å². The third-order valence-electron chi connectivity index (χ3n) is 3.08. The number of nitrogens with one attached hydrogen (secondary N) is 2. The summed E-state index contributed by atoms with van der Waals surface area (Å²) in [6.45, 7) is 3.72. The van der Waals surface area contributed by atoms with Crippen LogP contribution in [0.3, 0.4) is 0 Å². The van der Waals surface area contributed by atoms with Crippen LogP contribution in [0.15, 0.2) is 5.16 Å². The number of nitrogens with zero attached hydrogens (tertiary/aromatic N) is 5. The molecule has 0 saturated heterocycles. The van der Waals surface area contributed by atoms with Gasteiger partial charge in [0.05, 0.1) is 28.9 Å². The summed E-state index contributed by atoms with van der Waals surface area (Å²) in [4.78, 5) is 12.0. The van der Waals surface area contributed by atoms with Gasteiger partial charge in [-0.1, -0.05) is 11.8 Å². The Kier molecular flexibility index (Phi) is 3.43. The largest absolute Gasteiger partial charge is 0.322 e. The molecule has 2 N–H and O–H groups in total. The summed E-state index contributed by atoms with van der Waals surface area (Å²) < 4.78 is 1.80. The number of hydrogen-bond donors (Lipinski definition) is 2. The van der Waals surface area contributed by atoms with Crippen LogP contribution in [0.4, 0.5) is 5.69 Å². The van der Waals surface area contributed by atoms with E-state index < -0.39 is 0 Å². The molecule has 2 heterocycles. The van der Waals surface area contributed by atoms with Crippen molar-refractivity contribution in [3.05, 3.63) is 11.4 Å². The van der Waals surface area contributed by atoms with Crippen LogP contribution in [0.2, 0.25) is 0 Å². The topological polar surface area (TPSA) is 101 Å². The summed E-state index contributed by atoms with van der Waals surface area (Å²) in [5.74, 6) is 0.185. The van der Waals surface area contributed by atoms with Crippen LogP contribution in [0.5, 0.6) is 0 Å². The van der Waals surface area contributed by atoms with Gasteiger partial charge < -0.3 is 5.32 Å². The van der Waals surface area contributed by atoms with Crippen molar-refractivity contribution in [3.63, 3.8) is 0 Å². The van der Waals surface area contributed by atoms with Gasteiger partial charge in [-0.05, 0) is 37.1 Å². The van der Waals surface area contributed by atoms with Crippen molar-refractivity contribution < 1.29 is 4.79 Å². The van der Waals surface area contributed by atoms with Gasteiger partial charge in [-0.2, -0.15) is 5.10 Å². The molecule has 106 valence electrons. The zero-order chi connectivity index (χ0) is 14.1. The number of tetrazole rings is 1. The Morgan fingerprint density at radius 3 is 2.95 bits per heavy atom. The minimum atomic E-state index is -0.0899. The molecule has 1 amide bonds. The second kappa shape index (κ2) is 5.23. The highest BCUT2D eigenvalue weighted by Gasteiger charge is 2.28. The van der Waals surface area contributed by atoms with Crippen molar-refractivity contribution in [3.8, 4) is 0 Å². The lowest BCUT2D eigenvalue weighted by Crippen LogP contribution is -2.15. The molecule has 1 aliphatic carbocycles. The Hall–Kier alpha value is -1.90. The maximum Gasteiger partial charge on any atom is 0.234 e. The molecule has 0 aromatic carbocycles. The number of rotatable bonds is 5. The summed E-state index contributed by atoms with van der Waals surface area (Å²) in [6, 6.07) is 0.411. The Bertz CT molecular complexity index is 611. The predicted octanol–water partition coefficient (Wildman–Crippen LogP) is 1.08. The number of anilines is 1. The molecule has 0 atom stereocenters. The van der Waals surface area contributed by atoms with E-state index in [-0.39, 0.29) is 11.7 Å². The minimum Gasteiger partial charge on any atom is -0.322 e. The second-order valence-electron chi connectivity index (χ2n) is 4.78. The van der Waals surface area contributed by atoms with Crippen LogP contribution >= 0.6 is 11.8 Å². The fourth-order valence-corrected chi connectivity index (χ4v) is 2.61. The summed E-state index contributed by atoms with van der Waals surface area (Å²) in [6.07, 6.45) is 2.22. The summed E-state index contributed by atoms with van der Waals surface area (Å²) in [7, 11) is 0. The maximum atomic E-state index is 12.0. The Morgan fingerprint density at radius 1 is 1.50 bits per heavy atom. The van der Waals surface area contributed by atoms with E-state index in [4.69, 9.17) is 0 Å². The van der Waals surface area contributed by atoms with Crippen LogP contribution in [0.25, 0.3) is 0 Å². The summed E-state index contributed by atoms with van der Waals surface area (Å²) in [5.41, 5.74) is 2.38. The molecular formula is C11H15N7OS. The number of carbonyl (C=O) groups is 1. The first-order chi connectivity index (χ1) is 9.65. The highest BCUT2D eigenvalue weighted by molar-refractivity contribution is 7.99. The van der Waals surface area contributed by atoms with Crippen molar-refractivity contribution in [1.29, 1.82) is 0 Å². The van der Waals surface area contributed by atoms with E-state index >= 15 is 0 Å². The molecule has 1 fully saturated rings. The first kappa shape index (κ1) is 13.1. The van der Waals surface area contributed by atoms with Gasteiger partial charge in [0, 0.05) is 0 Å². The third kappa shape index (κ3) is 2.67. The molecule has 3 rings (SSSR count). The zero-order valence-electron chi connectivity index (χ0n) is 11.3. The molecule has 0 spiro atoms. The molecule has 1 aliphatic rings. The number of carbonyl (C=O) groups excluding carboxylic acids is 1. The van der Waals surface area contributed by atoms with E-state index in [1.165, 1.54) is 11.8 Å². The van der Waals surface area contributed by atoms with Gasteiger partial charge in [0.1, 0.15) is 0 Å². The lowest BCUT2D eigenvalue weighted by atomic mass is 10.3. The summed E-state index contributed by atoms with van der Waals surface area (Å²) in [5, 5.41) is 22.0. The lowest BCUT2D eigenvalue weighted by molar-refractivity contribution is -0.113. The van der Waals surface area contributed by atoms with Crippen LogP contribution in [0, 0.1) is 13.8 Å². The Morgan fingerprint density at radius 2 is 2.30 bits per heavy atom. The van der Waals surface area contributed by atoms with E-state index in [0.717, 1.165) is 29.9 Å². The lowest BCUT2D eigenvalue weighted by Gasteiger charge is -2.05. The van der Waals surface area contributed by atoms with Crippen molar-refractivity contribution in [1.82, 2.24) is 30.4 Å². The molecule has 20 heavy (non-hydrogen) atoms. The monoisotopic (exact) mass is 293 g/mol. The van der Waals surface area contributed by atoms with Crippen LogP contribution < -0.4 is 5.32 Å². The number of H-pyrrole nitrogens is 1. The normalized spacial score (nSPS) is 14.5. The van der Waals surface area contributed by atoms with E-state index in [0.29, 0.717) is 11.2 Å². The number of aryl methyl sites for hydroxylation is 2. The fourth-order valence-electron chi connectivity index (χ4n) is 1.87. The quantitative estimate of drug-likeness (QED) is 0.800. The molecule has 2 aromatic heterocycles. The van der Waals surface area contributed by atoms with Gasteiger partial charge in [0.2, 0.25) is 11.1 Å². The van der Waals surface area contributed by atoms with Gasteiger partial charge in [-0.3, -0.25) is 9.89 Å². The SMILES string of the molecule is Cc1n[nH]c(C)c1NC(=O)CSc1nnnn1C1CC1. The predicted molar refractivity (Wildman–Crippen MR) is 73.5 cm³/mol. The number of hydrogen-bond acceptors (Lipinski definition) is 6. The molecule has 9 heteroatoms. The van der Waals surface area contributed by atoms with Gasteiger partial charge in [0.15, 0.2) is 0 Å². The smallest absolute Gasteiger partial charge is 0.234 e. The number of aromatic amines is 1. The maximum absolute atomic E-state index is 12.0. The highest BCUT2D eigenvalue weighted by atomic mass is 32.2. The van der Waals surface area contributed by atoms with E-state index in [2.05, 4.69) is 31.0 Å². The van der Waals surface area contributed by atoms with Crippen molar-refractivity contribution >= 4 is 23.4 Å². The highest BCUT2D eigenvalue weighted by Crippen LogP contribution is 2.36. The van der Waals surface area contributed by atoms with E-state index in [1.54, 1.807) is 4.68 Å². The Labute approximate surface area is 119 Å². The van der Waals surface area contributed by atoms with Crippen molar-refractivity contribution in [2.75, 3.05) is 11.1 Å². The van der Waals surface area contributed by atoms with Gasteiger partial charge >= 0.3 is 0 Å². The first-order valence-corrected chi connectivity index (χ1v) is 7.36. The Balaban J connectivity index is 1.58. The number of amides is 1. The molecule has 8 nitrogen and oxygen atoms in total. The molecule has 0 bridgehead atoms. The molecule has 0 aliphatic heterocycles. The minimum absolute atomic E-state index is 0.0899. The number of aromatic nitrogens is 6. The zero-order valence-corrected chi connectivity index (χ0v) is 12.1. The molecule has 1 saturated carbocycles. The standard InChI is InChI=1S/C11H15N7OS/c1-6-10(7(2)14-13-6)12-9(19)5-20-11-15-16-17-18(11)8-3-4-8/h8H,3-5H2,1-2H3,(H,12,19)(H,13,14). The third-order valence-corrected chi connectivity index (χ3v) is 4.01.